The van der Waals surface area contributed by atoms with E-state index in [4.69, 9.17) is 10.5 Å². The van der Waals surface area contributed by atoms with Gasteiger partial charge in [-0.05, 0) is 29.4 Å². The highest BCUT2D eigenvalue weighted by Gasteiger charge is 2.45. The van der Waals surface area contributed by atoms with Gasteiger partial charge < -0.3 is 10.5 Å². The molecule has 0 amide bonds. The molecule has 2 heterocycles. The van der Waals surface area contributed by atoms with Crippen LogP contribution in [0.25, 0.3) is 0 Å². The second-order valence-corrected chi connectivity index (χ2v) is 9.12. The number of hydrogen-bond donors (Lipinski definition) is 1. The zero-order valence-electron chi connectivity index (χ0n) is 18.1. The molecule has 30 heavy (non-hydrogen) atoms. The van der Waals surface area contributed by atoms with E-state index in [-0.39, 0.29) is 11.2 Å². The number of rotatable bonds is 3. The first-order valence-corrected chi connectivity index (χ1v) is 10.7. The quantitative estimate of drug-likeness (QED) is 0.830. The van der Waals surface area contributed by atoms with Crippen molar-refractivity contribution < 1.29 is 9.53 Å². The van der Waals surface area contributed by atoms with Crippen LogP contribution in [0.1, 0.15) is 50.7 Å². The summed E-state index contributed by atoms with van der Waals surface area (Å²) < 4.78 is 5.52. The molecule has 0 spiro atoms. The molecule has 0 bridgehead atoms. The molecule has 2 N–H and O–H groups in total. The number of carbonyl (C=O) groups is 1. The number of nitrogens with two attached hydrogens (primary N) is 1. The zero-order valence-corrected chi connectivity index (χ0v) is 18.1. The number of hydrazine groups is 1. The van der Waals surface area contributed by atoms with Crippen LogP contribution in [0, 0.1) is 16.7 Å². The van der Waals surface area contributed by atoms with Crippen LogP contribution in [0.4, 0.5) is 0 Å². The van der Waals surface area contributed by atoms with Crippen molar-refractivity contribution >= 4 is 5.78 Å². The molecule has 1 saturated heterocycles. The Morgan fingerprint density at radius 2 is 1.87 bits per heavy atom. The Labute approximate surface area is 178 Å². The third kappa shape index (κ3) is 3.53. The van der Waals surface area contributed by atoms with E-state index in [0.717, 1.165) is 29.7 Å². The van der Waals surface area contributed by atoms with Crippen LogP contribution in [-0.2, 0) is 16.0 Å². The minimum absolute atomic E-state index is 0.115. The Morgan fingerprint density at radius 1 is 1.20 bits per heavy atom. The predicted octanol–water partition coefficient (Wildman–Crippen LogP) is 3.23. The van der Waals surface area contributed by atoms with Crippen molar-refractivity contribution in [2.75, 3.05) is 26.3 Å². The van der Waals surface area contributed by atoms with Gasteiger partial charge in [-0.3, -0.25) is 9.80 Å². The molecule has 6 nitrogen and oxygen atoms in total. The van der Waals surface area contributed by atoms with Crippen LogP contribution in [0.15, 0.2) is 46.9 Å². The number of Topliss-reactive ketones (excluding diaryl/α,β-unsaturated/α-hetero) is 1. The molecule has 1 atom stereocenters. The third-order valence-corrected chi connectivity index (χ3v) is 6.35. The summed E-state index contributed by atoms with van der Waals surface area (Å²) in [6.45, 7) is 8.93. The molecular weight excluding hydrogens is 376 g/mol. The minimum atomic E-state index is -0.406. The van der Waals surface area contributed by atoms with Crippen molar-refractivity contribution in [1.82, 2.24) is 10.0 Å². The fourth-order valence-electron chi connectivity index (χ4n) is 4.85. The molecule has 4 rings (SSSR count). The van der Waals surface area contributed by atoms with Crippen molar-refractivity contribution in [2.45, 2.75) is 46.0 Å². The smallest absolute Gasteiger partial charge is 0.162 e. The van der Waals surface area contributed by atoms with Crippen LogP contribution in [0.2, 0.25) is 0 Å². The van der Waals surface area contributed by atoms with E-state index >= 15 is 0 Å². The zero-order chi connectivity index (χ0) is 21.5. The van der Waals surface area contributed by atoms with Crippen molar-refractivity contribution in [3.05, 3.63) is 58.1 Å². The number of ketones is 1. The lowest BCUT2D eigenvalue weighted by Crippen LogP contribution is -2.53. The fraction of sp³-hybridized carbons (Fsp3) is 0.500. The lowest BCUT2D eigenvalue weighted by Gasteiger charge is -2.48. The van der Waals surface area contributed by atoms with Crippen LogP contribution in [0.3, 0.4) is 0 Å². The molecule has 0 radical (unpaired) electrons. The van der Waals surface area contributed by atoms with Gasteiger partial charge in [0.05, 0.1) is 30.8 Å². The van der Waals surface area contributed by atoms with Gasteiger partial charge in [0, 0.05) is 30.8 Å². The monoisotopic (exact) mass is 406 g/mol. The van der Waals surface area contributed by atoms with Gasteiger partial charge in [0.1, 0.15) is 5.82 Å². The van der Waals surface area contributed by atoms with Gasteiger partial charge >= 0.3 is 0 Å². The summed E-state index contributed by atoms with van der Waals surface area (Å²) in [5, 5.41) is 14.2. The fourth-order valence-corrected chi connectivity index (χ4v) is 4.85. The van der Waals surface area contributed by atoms with Crippen LogP contribution < -0.4 is 5.73 Å². The maximum Gasteiger partial charge on any atom is 0.162 e. The predicted molar refractivity (Wildman–Crippen MR) is 115 cm³/mol. The summed E-state index contributed by atoms with van der Waals surface area (Å²) in [6.07, 6.45) is 2.17. The number of nitriles is 1. The molecular formula is C24H30N4O2. The molecule has 2 aliphatic heterocycles. The average Bonchev–Trinajstić information content (AvgIpc) is 2.73. The second-order valence-electron chi connectivity index (χ2n) is 9.12. The van der Waals surface area contributed by atoms with Crippen molar-refractivity contribution in [2.24, 2.45) is 11.1 Å². The third-order valence-electron chi connectivity index (χ3n) is 6.35. The number of nitrogens with zero attached hydrogens (tertiary/aromatic N) is 3. The van der Waals surface area contributed by atoms with Crippen molar-refractivity contribution in [1.29, 1.82) is 5.26 Å². The number of morpholine rings is 1. The molecule has 1 aromatic rings. The number of allylic oxidation sites excluding steroid dienone is 3. The van der Waals surface area contributed by atoms with Crippen LogP contribution in [-0.4, -0.2) is 42.1 Å². The van der Waals surface area contributed by atoms with Gasteiger partial charge in [-0.15, -0.1) is 0 Å². The number of carbonyl (C=O) groups excluding carboxylic acids is 1. The first kappa shape index (κ1) is 20.6. The summed E-state index contributed by atoms with van der Waals surface area (Å²) in [5.74, 6) is 0.148. The molecule has 6 heteroatoms. The molecule has 0 saturated carbocycles. The highest BCUT2D eigenvalue weighted by atomic mass is 16.5. The summed E-state index contributed by atoms with van der Waals surface area (Å²) >= 11 is 0. The highest BCUT2D eigenvalue weighted by Crippen LogP contribution is 2.49. The Kier molecular flexibility index (Phi) is 5.44. The van der Waals surface area contributed by atoms with E-state index < -0.39 is 5.92 Å². The van der Waals surface area contributed by atoms with Gasteiger partial charge in [0.25, 0.3) is 0 Å². The van der Waals surface area contributed by atoms with E-state index in [1.165, 1.54) is 5.56 Å². The summed E-state index contributed by atoms with van der Waals surface area (Å²) in [6, 6.07) is 10.6. The topological polar surface area (TPSA) is 82.6 Å². The number of hydrogen-bond acceptors (Lipinski definition) is 6. The SMILES string of the molecule is CCc1ccc([C@@H]2C(C#N)=C(N)N(N3CCOCC3)C3=C2C(=O)CC(C)(C)C3)cc1. The normalized spacial score (nSPS) is 24.7. The van der Waals surface area contributed by atoms with Gasteiger partial charge in [0.2, 0.25) is 0 Å². The first-order valence-electron chi connectivity index (χ1n) is 10.7. The van der Waals surface area contributed by atoms with Gasteiger partial charge in [-0.2, -0.15) is 5.26 Å². The molecule has 0 unspecified atom stereocenters. The molecule has 3 aliphatic rings. The van der Waals surface area contributed by atoms with Gasteiger partial charge in [0.15, 0.2) is 5.78 Å². The summed E-state index contributed by atoms with van der Waals surface area (Å²) in [5.41, 5.74) is 10.8. The maximum atomic E-state index is 13.4. The Morgan fingerprint density at radius 3 is 2.47 bits per heavy atom. The highest BCUT2D eigenvalue weighted by molar-refractivity contribution is 6.00. The van der Waals surface area contributed by atoms with E-state index in [2.05, 4.69) is 44.0 Å². The largest absolute Gasteiger partial charge is 0.383 e. The van der Waals surface area contributed by atoms with E-state index in [0.29, 0.717) is 44.1 Å². The van der Waals surface area contributed by atoms with Gasteiger partial charge in [-0.1, -0.05) is 45.0 Å². The summed E-state index contributed by atoms with van der Waals surface area (Å²) in [4.78, 5) is 13.4. The average molecular weight is 407 g/mol. The lowest BCUT2D eigenvalue weighted by atomic mass is 9.69. The Balaban J connectivity index is 1.89. The van der Waals surface area contributed by atoms with E-state index in [9.17, 15) is 10.1 Å². The number of aryl methyl sites for hydroxylation is 1. The second kappa shape index (κ2) is 7.90. The molecule has 1 fully saturated rings. The molecule has 0 aromatic heterocycles. The summed E-state index contributed by atoms with van der Waals surface area (Å²) in [7, 11) is 0. The van der Waals surface area contributed by atoms with Crippen molar-refractivity contribution in [3.8, 4) is 6.07 Å². The molecule has 1 aliphatic carbocycles. The number of ether oxygens (including phenoxy) is 1. The van der Waals surface area contributed by atoms with E-state index in [1.807, 2.05) is 17.1 Å². The van der Waals surface area contributed by atoms with Crippen molar-refractivity contribution in [3.63, 3.8) is 0 Å². The maximum absolute atomic E-state index is 13.4. The lowest BCUT2D eigenvalue weighted by molar-refractivity contribution is -0.119. The number of benzene rings is 1. The van der Waals surface area contributed by atoms with E-state index in [1.54, 1.807) is 0 Å². The van der Waals surface area contributed by atoms with Crippen LogP contribution >= 0.6 is 0 Å². The minimum Gasteiger partial charge on any atom is -0.383 e. The molecule has 1 aromatic carbocycles. The standard InChI is InChI=1S/C24H30N4O2/c1-4-16-5-7-17(8-6-16)21-18(15-25)23(26)28(27-9-11-30-12-10-27)19-13-24(2,3)14-20(29)22(19)21/h5-8,21H,4,9-14,26H2,1-3H3/t21-/m1/s1. The Bertz CT molecular complexity index is 946. The Hall–Kier alpha value is -2.62. The molecule has 158 valence electrons. The first-order chi connectivity index (χ1) is 14.4. The van der Waals surface area contributed by atoms with Gasteiger partial charge in [-0.25, -0.2) is 5.01 Å². The van der Waals surface area contributed by atoms with Crippen LogP contribution in [0.5, 0.6) is 0 Å².